The summed E-state index contributed by atoms with van der Waals surface area (Å²) in [7, 11) is 0. The van der Waals surface area contributed by atoms with Crippen LogP contribution < -0.4 is 5.32 Å². The van der Waals surface area contributed by atoms with Crippen LogP contribution in [-0.4, -0.2) is 6.04 Å². The van der Waals surface area contributed by atoms with Gasteiger partial charge in [0, 0.05) is 28.4 Å². The van der Waals surface area contributed by atoms with Gasteiger partial charge in [0.25, 0.3) is 0 Å². The van der Waals surface area contributed by atoms with E-state index in [0.717, 1.165) is 27.6 Å². The molecule has 1 atom stereocenters. The lowest BCUT2D eigenvalue weighted by Gasteiger charge is -2.12. The van der Waals surface area contributed by atoms with Gasteiger partial charge in [-0.1, -0.05) is 6.92 Å². The summed E-state index contributed by atoms with van der Waals surface area (Å²) in [5, 5.41) is 3.45. The van der Waals surface area contributed by atoms with Gasteiger partial charge < -0.3 is 5.32 Å². The van der Waals surface area contributed by atoms with Gasteiger partial charge >= 0.3 is 0 Å². The molecule has 1 heterocycles. The van der Waals surface area contributed by atoms with Crippen molar-refractivity contribution in [2.75, 3.05) is 0 Å². The standard InChI is InChI=1S/C11H13Br2NS/c1-3-5-8(4-2)14-7-9-6-10(12)11(13)15-9/h1,6,8,14H,4-5,7H2,2H3. The molecule has 0 saturated heterocycles. The SMILES string of the molecule is C#CCC(CC)NCc1cc(Br)c(Br)s1. The van der Waals surface area contributed by atoms with Gasteiger partial charge in [-0.3, -0.25) is 0 Å². The first-order chi connectivity index (χ1) is 7.17. The highest BCUT2D eigenvalue weighted by atomic mass is 79.9. The van der Waals surface area contributed by atoms with Crippen LogP contribution in [0, 0.1) is 12.3 Å². The minimum Gasteiger partial charge on any atom is -0.308 e. The molecule has 0 aliphatic rings. The van der Waals surface area contributed by atoms with E-state index < -0.39 is 0 Å². The number of nitrogens with one attached hydrogen (secondary N) is 1. The van der Waals surface area contributed by atoms with Crippen LogP contribution >= 0.6 is 43.2 Å². The summed E-state index contributed by atoms with van der Waals surface area (Å²) in [5.74, 6) is 2.69. The van der Waals surface area contributed by atoms with E-state index in [0.29, 0.717) is 6.04 Å². The normalized spacial score (nSPS) is 12.4. The maximum atomic E-state index is 5.30. The summed E-state index contributed by atoms with van der Waals surface area (Å²) in [6.07, 6.45) is 7.16. The first-order valence-electron chi connectivity index (χ1n) is 4.78. The van der Waals surface area contributed by atoms with E-state index in [1.165, 1.54) is 4.88 Å². The van der Waals surface area contributed by atoms with Crippen molar-refractivity contribution in [3.63, 3.8) is 0 Å². The number of hydrogen-bond donors (Lipinski definition) is 1. The van der Waals surface area contributed by atoms with Crippen LogP contribution in [0.15, 0.2) is 14.3 Å². The van der Waals surface area contributed by atoms with Crippen molar-refractivity contribution in [3.8, 4) is 12.3 Å². The van der Waals surface area contributed by atoms with Crippen LogP contribution in [0.5, 0.6) is 0 Å². The molecule has 0 radical (unpaired) electrons. The highest BCUT2D eigenvalue weighted by Crippen LogP contribution is 2.32. The van der Waals surface area contributed by atoms with Gasteiger partial charge in [0.1, 0.15) is 0 Å². The second-order valence-corrected chi connectivity index (χ2v) is 6.54. The second-order valence-electron chi connectivity index (χ2n) is 3.23. The molecule has 1 aromatic rings. The van der Waals surface area contributed by atoms with Gasteiger partial charge in [-0.15, -0.1) is 23.7 Å². The maximum Gasteiger partial charge on any atom is 0.0843 e. The molecule has 1 aromatic heterocycles. The maximum absolute atomic E-state index is 5.30. The largest absolute Gasteiger partial charge is 0.308 e. The van der Waals surface area contributed by atoms with Crippen LogP contribution in [0.25, 0.3) is 0 Å². The van der Waals surface area contributed by atoms with Gasteiger partial charge in [-0.05, 0) is 44.3 Å². The smallest absolute Gasteiger partial charge is 0.0843 e. The number of terminal acetylenes is 1. The van der Waals surface area contributed by atoms with E-state index in [9.17, 15) is 0 Å². The van der Waals surface area contributed by atoms with Crippen molar-refractivity contribution in [2.24, 2.45) is 0 Å². The van der Waals surface area contributed by atoms with E-state index in [-0.39, 0.29) is 0 Å². The summed E-state index contributed by atoms with van der Waals surface area (Å²) in [6.45, 7) is 3.03. The lowest BCUT2D eigenvalue weighted by Crippen LogP contribution is -2.26. The third-order valence-electron chi connectivity index (χ3n) is 2.12. The molecule has 0 aromatic carbocycles. The number of halogens is 2. The number of thiophene rings is 1. The van der Waals surface area contributed by atoms with E-state index in [1.807, 2.05) is 0 Å². The molecule has 82 valence electrons. The monoisotopic (exact) mass is 349 g/mol. The van der Waals surface area contributed by atoms with Gasteiger partial charge in [-0.25, -0.2) is 0 Å². The molecular formula is C11H13Br2NS. The predicted octanol–water partition coefficient (Wildman–Crippen LogP) is 4.16. The summed E-state index contributed by atoms with van der Waals surface area (Å²) < 4.78 is 2.26. The Balaban J connectivity index is 2.46. The van der Waals surface area contributed by atoms with Gasteiger partial charge in [0.05, 0.1) is 3.79 Å². The molecule has 0 bridgehead atoms. The quantitative estimate of drug-likeness (QED) is 0.786. The topological polar surface area (TPSA) is 12.0 Å². The highest BCUT2D eigenvalue weighted by Gasteiger charge is 2.07. The van der Waals surface area contributed by atoms with Crippen LogP contribution in [0.1, 0.15) is 24.6 Å². The van der Waals surface area contributed by atoms with E-state index in [2.05, 4.69) is 56.1 Å². The van der Waals surface area contributed by atoms with Crippen molar-refractivity contribution in [1.82, 2.24) is 5.32 Å². The minimum absolute atomic E-state index is 0.426. The summed E-state index contributed by atoms with van der Waals surface area (Å²) in [6, 6.07) is 2.55. The average molecular weight is 351 g/mol. The van der Waals surface area contributed by atoms with E-state index in [1.54, 1.807) is 11.3 Å². The molecule has 0 aliphatic heterocycles. The molecule has 0 amide bonds. The Kier molecular flexibility index (Phi) is 5.91. The fourth-order valence-corrected chi connectivity index (χ4v) is 3.35. The molecule has 0 aliphatic carbocycles. The van der Waals surface area contributed by atoms with Crippen molar-refractivity contribution in [1.29, 1.82) is 0 Å². The fourth-order valence-electron chi connectivity index (χ4n) is 1.23. The first-order valence-corrected chi connectivity index (χ1v) is 7.18. The van der Waals surface area contributed by atoms with Gasteiger partial charge in [-0.2, -0.15) is 0 Å². The van der Waals surface area contributed by atoms with E-state index >= 15 is 0 Å². The van der Waals surface area contributed by atoms with E-state index in [4.69, 9.17) is 6.42 Å². The highest BCUT2D eigenvalue weighted by molar-refractivity contribution is 9.13. The zero-order valence-electron chi connectivity index (χ0n) is 8.52. The van der Waals surface area contributed by atoms with Gasteiger partial charge in [0.2, 0.25) is 0 Å². The average Bonchev–Trinajstić information content (AvgIpc) is 2.53. The third kappa shape index (κ3) is 4.28. The van der Waals surface area contributed by atoms with Crippen molar-refractivity contribution < 1.29 is 0 Å². The number of hydrogen-bond acceptors (Lipinski definition) is 2. The zero-order valence-corrected chi connectivity index (χ0v) is 12.5. The molecule has 1 rings (SSSR count). The molecule has 15 heavy (non-hydrogen) atoms. The fraction of sp³-hybridized carbons (Fsp3) is 0.455. The van der Waals surface area contributed by atoms with Crippen LogP contribution in [0.4, 0.5) is 0 Å². The zero-order chi connectivity index (χ0) is 11.3. The Morgan fingerprint density at radius 1 is 1.60 bits per heavy atom. The Labute approximate surface area is 112 Å². The summed E-state index contributed by atoms with van der Waals surface area (Å²) in [5.41, 5.74) is 0. The Morgan fingerprint density at radius 3 is 2.80 bits per heavy atom. The Hall–Kier alpha value is 0.180. The molecule has 0 spiro atoms. The molecule has 1 unspecified atom stereocenters. The second kappa shape index (κ2) is 6.70. The number of rotatable bonds is 5. The lowest BCUT2D eigenvalue weighted by molar-refractivity contribution is 0.509. The van der Waals surface area contributed by atoms with Gasteiger partial charge in [0.15, 0.2) is 0 Å². The Bertz CT molecular complexity index is 334. The first kappa shape index (κ1) is 13.2. The molecule has 0 fully saturated rings. The van der Waals surface area contributed by atoms with Crippen LogP contribution in [-0.2, 0) is 6.54 Å². The molecule has 1 nitrogen and oxygen atoms in total. The van der Waals surface area contributed by atoms with Crippen LogP contribution in [0.2, 0.25) is 0 Å². The Morgan fingerprint density at radius 2 is 2.33 bits per heavy atom. The molecule has 4 heteroatoms. The van der Waals surface area contributed by atoms with Crippen molar-refractivity contribution >= 4 is 43.2 Å². The third-order valence-corrected chi connectivity index (χ3v) is 5.37. The van der Waals surface area contributed by atoms with Crippen LogP contribution in [0.3, 0.4) is 0 Å². The summed E-state index contributed by atoms with van der Waals surface area (Å²) >= 11 is 8.70. The van der Waals surface area contributed by atoms with Crippen molar-refractivity contribution in [2.45, 2.75) is 32.4 Å². The molecule has 1 N–H and O–H groups in total. The molecule has 0 saturated carbocycles. The molecular weight excluding hydrogens is 338 g/mol. The summed E-state index contributed by atoms with van der Waals surface area (Å²) in [4.78, 5) is 1.31. The minimum atomic E-state index is 0.426. The lowest BCUT2D eigenvalue weighted by atomic mass is 10.1. The predicted molar refractivity (Wildman–Crippen MR) is 74.1 cm³/mol. The van der Waals surface area contributed by atoms with Crippen molar-refractivity contribution in [3.05, 3.63) is 19.2 Å².